The van der Waals surface area contributed by atoms with E-state index in [-0.39, 0.29) is 5.91 Å². The first kappa shape index (κ1) is 14.3. The SMILES string of the molecule is C=C(C)COCCNC(=O)c1cc(C)nnc1C. The maximum atomic E-state index is 11.9. The van der Waals surface area contributed by atoms with E-state index < -0.39 is 0 Å². The molecule has 0 bridgehead atoms. The molecule has 0 unspecified atom stereocenters. The third-order valence-electron chi connectivity index (χ3n) is 2.23. The Hall–Kier alpha value is -1.75. The average molecular weight is 249 g/mol. The van der Waals surface area contributed by atoms with Gasteiger partial charge in [0.25, 0.3) is 5.91 Å². The summed E-state index contributed by atoms with van der Waals surface area (Å²) in [6, 6.07) is 1.73. The summed E-state index contributed by atoms with van der Waals surface area (Å²) in [6.07, 6.45) is 0. The number of aryl methyl sites for hydroxylation is 2. The smallest absolute Gasteiger partial charge is 0.253 e. The molecule has 5 nitrogen and oxygen atoms in total. The number of hydrogen-bond acceptors (Lipinski definition) is 4. The van der Waals surface area contributed by atoms with Crippen LogP contribution in [-0.2, 0) is 4.74 Å². The molecule has 0 aliphatic rings. The van der Waals surface area contributed by atoms with E-state index in [9.17, 15) is 4.79 Å². The Labute approximate surface area is 107 Å². The molecule has 0 spiro atoms. The van der Waals surface area contributed by atoms with Crippen LogP contribution in [0.3, 0.4) is 0 Å². The van der Waals surface area contributed by atoms with E-state index in [2.05, 4.69) is 22.1 Å². The standard InChI is InChI=1S/C13H19N3O2/c1-9(2)8-18-6-5-14-13(17)12-7-10(3)15-16-11(12)4/h7H,1,5-6,8H2,2-4H3,(H,14,17). The first-order valence-corrected chi connectivity index (χ1v) is 5.82. The summed E-state index contributed by atoms with van der Waals surface area (Å²) in [4.78, 5) is 11.9. The van der Waals surface area contributed by atoms with E-state index in [1.807, 2.05) is 6.92 Å². The molecule has 0 saturated heterocycles. The average Bonchev–Trinajstić information content (AvgIpc) is 2.31. The molecule has 0 radical (unpaired) electrons. The number of amides is 1. The van der Waals surface area contributed by atoms with Crippen LogP contribution in [0.1, 0.15) is 28.7 Å². The zero-order valence-electron chi connectivity index (χ0n) is 11.1. The lowest BCUT2D eigenvalue weighted by Crippen LogP contribution is -2.28. The van der Waals surface area contributed by atoms with E-state index in [1.54, 1.807) is 19.9 Å². The largest absolute Gasteiger partial charge is 0.375 e. The Balaban J connectivity index is 2.41. The Morgan fingerprint density at radius 3 is 2.83 bits per heavy atom. The van der Waals surface area contributed by atoms with Crippen LogP contribution in [0, 0.1) is 13.8 Å². The molecule has 0 aromatic carbocycles. The predicted molar refractivity (Wildman–Crippen MR) is 69.5 cm³/mol. The number of rotatable bonds is 6. The van der Waals surface area contributed by atoms with Gasteiger partial charge in [0.15, 0.2) is 0 Å². The molecule has 1 amide bonds. The maximum absolute atomic E-state index is 11.9. The van der Waals surface area contributed by atoms with Crippen molar-refractivity contribution in [3.8, 4) is 0 Å². The van der Waals surface area contributed by atoms with Crippen LogP contribution in [0.25, 0.3) is 0 Å². The van der Waals surface area contributed by atoms with Gasteiger partial charge in [-0.05, 0) is 26.8 Å². The molecular weight excluding hydrogens is 230 g/mol. The molecule has 1 rings (SSSR count). The molecule has 18 heavy (non-hydrogen) atoms. The van der Waals surface area contributed by atoms with E-state index in [0.29, 0.717) is 31.0 Å². The monoisotopic (exact) mass is 249 g/mol. The summed E-state index contributed by atoms with van der Waals surface area (Å²) >= 11 is 0. The Morgan fingerprint density at radius 1 is 1.44 bits per heavy atom. The lowest BCUT2D eigenvalue weighted by Gasteiger charge is -2.08. The molecule has 0 fully saturated rings. The molecule has 5 heteroatoms. The lowest BCUT2D eigenvalue weighted by molar-refractivity contribution is 0.0925. The summed E-state index contributed by atoms with van der Waals surface area (Å²) in [6.45, 7) is 10.6. The highest BCUT2D eigenvalue weighted by Crippen LogP contribution is 2.04. The van der Waals surface area contributed by atoms with Gasteiger partial charge in [-0.3, -0.25) is 4.79 Å². The second-order valence-electron chi connectivity index (χ2n) is 4.25. The summed E-state index contributed by atoms with van der Waals surface area (Å²) in [5, 5.41) is 10.6. The summed E-state index contributed by atoms with van der Waals surface area (Å²) < 4.78 is 5.29. The van der Waals surface area contributed by atoms with Crippen molar-refractivity contribution in [2.45, 2.75) is 20.8 Å². The molecule has 1 N–H and O–H groups in total. The van der Waals surface area contributed by atoms with Crippen LogP contribution >= 0.6 is 0 Å². The Morgan fingerprint density at radius 2 is 2.17 bits per heavy atom. The second-order valence-corrected chi connectivity index (χ2v) is 4.25. The van der Waals surface area contributed by atoms with Gasteiger partial charge in [-0.2, -0.15) is 10.2 Å². The van der Waals surface area contributed by atoms with Crippen molar-refractivity contribution in [3.05, 3.63) is 35.2 Å². The minimum absolute atomic E-state index is 0.149. The van der Waals surface area contributed by atoms with Crippen LogP contribution in [0.5, 0.6) is 0 Å². The minimum Gasteiger partial charge on any atom is -0.375 e. The number of aromatic nitrogens is 2. The molecule has 0 atom stereocenters. The number of carbonyl (C=O) groups excluding carboxylic acids is 1. The first-order chi connectivity index (χ1) is 8.50. The van der Waals surface area contributed by atoms with E-state index in [0.717, 1.165) is 11.3 Å². The molecule has 0 aliphatic carbocycles. The van der Waals surface area contributed by atoms with Crippen molar-refractivity contribution in [2.24, 2.45) is 0 Å². The highest BCUT2D eigenvalue weighted by Gasteiger charge is 2.10. The zero-order chi connectivity index (χ0) is 13.5. The Bertz CT molecular complexity index is 444. The van der Waals surface area contributed by atoms with Crippen molar-refractivity contribution >= 4 is 5.91 Å². The molecule has 1 aromatic rings. The van der Waals surface area contributed by atoms with Gasteiger partial charge in [0, 0.05) is 6.54 Å². The number of ether oxygens (including phenoxy) is 1. The number of nitrogens with one attached hydrogen (secondary N) is 1. The fraction of sp³-hybridized carbons (Fsp3) is 0.462. The van der Waals surface area contributed by atoms with E-state index in [4.69, 9.17) is 4.74 Å². The number of nitrogens with zero attached hydrogens (tertiary/aromatic N) is 2. The highest BCUT2D eigenvalue weighted by atomic mass is 16.5. The molecule has 98 valence electrons. The summed E-state index contributed by atoms with van der Waals surface area (Å²) in [7, 11) is 0. The van der Waals surface area contributed by atoms with Crippen molar-refractivity contribution < 1.29 is 9.53 Å². The molecule has 1 aromatic heterocycles. The maximum Gasteiger partial charge on any atom is 0.253 e. The summed E-state index contributed by atoms with van der Waals surface area (Å²) in [5.41, 5.74) is 2.87. The van der Waals surface area contributed by atoms with Crippen LogP contribution in [0.4, 0.5) is 0 Å². The third kappa shape index (κ3) is 4.63. The van der Waals surface area contributed by atoms with Crippen LogP contribution in [0.2, 0.25) is 0 Å². The molecule has 1 heterocycles. The first-order valence-electron chi connectivity index (χ1n) is 5.82. The van der Waals surface area contributed by atoms with Crippen molar-refractivity contribution in [3.63, 3.8) is 0 Å². The zero-order valence-corrected chi connectivity index (χ0v) is 11.1. The summed E-state index contributed by atoms with van der Waals surface area (Å²) in [5.74, 6) is -0.149. The van der Waals surface area contributed by atoms with E-state index in [1.165, 1.54) is 0 Å². The van der Waals surface area contributed by atoms with Gasteiger partial charge in [-0.15, -0.1) is 0 Å². The van der Waals surface area contributed by atoms with Gasteiger partial charge in [0.2, 0.25) is 0 Å². The molecular formula is C13H19N3O2. The third-order valence-corrected chi connectivity index (χ3v) is 2.23. The number of hydrogen-bond donors (Lipinski definition) is 1. The van der Waals surface area contributed by atoms with Crippen LogP contribution < -0.4 is 5.32 Å². The van der Waals surface area contributed by atoms with Crippen molar-refractivity contribution in [1.82, 2.24) is 15.5 Å². The van der Waals surface area contributed by atoms with Gasteiger partial charge in [0.1, 0.15) is 0 Å². The van der Waals surface area contributed by atoms with Gasteiger partial charge >= 0.3 is 0 Å². The minimum atomic E-state index is -0.149. The molecule has 0 saturated carbocycles. The fourth-order valence-electron chi connectivity index (χ4n) is 1.36. The number of carbonyl (C=O) groups is 1. The van der Waals surface area contributed by atoms with Crippen molar-refractivity contribution in [2.75, 3.05) is 19.8 Å². The van der Waals surface area contributed by atoms with Crippen LogP contribution in [-0.4, -0.2) is 35.9 Å². The lowest BCUT2D eigenvalue weighted by atomic mass is 10.2. The van der Waals surface area contributed by atoms with Crippen LogP contribution in [0.15, 0.2) is 18.2 Å². The van der Waals surface area contributed by atoms with Gasteiger partial charge in [-0.25, -0.2) is 0 Å². The van der Waals surface area contributed by atoms with Gasteiger partial charge in [-0.1, -0.05) is 12.2 Å². The molecule has 0 aliphatic heterocycles. The predicted octanol–water partition coefficient (Wildman–Crippen LogP) is 1.42. The Kier molecular flexibility index (Phi) is 5.45. The topological polar surface area (TPSA) is 64.1 Å². The van der Waals surface area contributed by atoms with E-state index >= 15 is 0 Å². The quantitative estimate of drug-likeness (QED) is 0.611. The fourth-order valence-corrected chi connectivity index (χ4v) is 1.36. The van der Waals surface area contributed by atoms with Crippen molar-refractivity contribution in [1.29, 1.82) is 0 Å². The van der Waals surface area contributed by atoms with Gasteiger partial charge < -0.3 is 10.1 Å². The highest BCUT2D eigenvalue weighted by molar-refractivity contribution is 5.95. The van der Waals surface area contributed by atoms with Gasteiger partial charge in [0.05, 0.1) is 30.2 Å². The second kappa shape index (κ2) is 6.86. The normalized spacial score (nSPS) is 10.2.